The van der Waals surface area contributed by atoms with E-state index in [1.54, 1.807) is 41.7 Å². The van der Waals surface area contributed by atoms with Gasteiger partial charge in [-0.15, -0.1) is 21.5 Å². The first-order chi connectivity index (χ1) is 48.7. The van der Waals surface area contributed by atoms with Gasteiger partial charge in [0.05, 0.1) is 56.8 Å². The first-order valence-electron chi connectivity index (χ1n) is 37.6. The number of benzene rings is 2. The number of hydrogen-bond donors (Lipinski definition) is 4. The van der Waals surface area contributed by atoms with Gasteiger partial charge in [0, 0.05) is 81.1 Å². The number of β-amino-alcohol motifs (C(OH)–C–C–N with tert-alkyl or cyclic N) is 1. The Kier molecular flexibility index (Phi) is 22.8. The van der Waals surface area contributed by atoms with Gasteiger partial charge >= 0.3 is 0 Å². The van der Waals surface area contributed by atoms with Gasteiger partial charge < -0.3 is 45.4 Å². The largest absolute Gasteiger partial charge is 0.391 e. The van der Waals surface area contributed by atoms with Gasteiger partial charge in [-0.05, 0) is 163 Å². The summed E-state index contributed by atoms with van der Waals surface area (Å²) < 4.78 is 10.6. The number of likely N-dealkylation sites (N-methyl/N-ethyl adjacent to an activating group) is 1. The van der Waals surface area contributed by atoms with E-state index in [9.17, 15) is 24.3 Å². The highest BCUT2D eigenvalue weighted by Crippen LogP contribution is 2.72. The monoisotopic (exact) mass is 1430 g/mol. The van der Waals surface area contributed by atoms with Crippen LogP contribution >= 0.6 is 22.7 Å². The van der Waals surface area contributed by atoms with Gasteiger partial charge in [-0.1, -0.05) is 140 Å². The average molecular weight is 1430 g/mol. The lowest BCUT2D eigenvalue weighted by Gasteiger charge is -2.69. The molecule has 1 saturated heterocycles. The zero-order valence-electron chi connectivity index (χ0n) is 62.6. The number of anilines is 4. The summed E-state index contributed by atoms with van der Waals surface area (Å²) in [5.74, 6) is 1.15. The Labute approximate surface area is 612 Å². The first kappa shape index (κ1) is 74.5. The van der Waals surface area contributed by atoms with E-state index in [4.69, 9.17) is 24.9 Å². The zero-order valence-corrected chi connectivity index (χ0v) is 64.2. The third-order valence-corrected chi connectivity index (χ3v) is 24.5. The Bertz CT molecular complexity index is 4070. The van der Waals surface area contributed by atoms with Crippen molar-refractivity contribution >= 4 is 79.1 Å². The Morgan fingerprint density at radius 2 is 1.49 bits per heavy atom. The lowest BCUT2D eigenvalue weighted by molar-refractivity contribution is -0.248. The van der Waals surface area contributed by atoms with E-state index in [2.05, 4.69) is 87.4 Å². The van der Waals surface area contributed by atoms with Crippen LogP contribution in [-0.2, 0) is 32.1 Å². The number of aryl methyl sites for hydroxylation is 1. The van der Waals surface area contributed by atoms with Gasteiger partial charge in [-0.3, -0.25) is 23.9 Å². The van der Waals surface area contributed by atoms with Gasteiger partial charge in [0.1, 0.15) is 23.6 Å². The molecular weight excluding hydrogens is 1320 g/mol. The fraction of sp³-hybridized carbons (Fsp3) is 0.600. The fourth-order valence-electron chi connectivity index (χ4n) is 18.5. The predicted molar refractivity (Wildman–Crippen MR) is 407 cm³/mol. The molecule has 7 heterocycles. The van der Waals surface area contributed by atoms with Crippen LogP contribution in [0.1, 0.15) is 215 Å². The number of rotatable bonds is 31. The minimum absolute atomic E-state index is 0.0409. The van der Waals surface area contributed by atoms with E-state index in [1.165, 1.54) is 56.3 Å². The number of carbonyl (C=O) groups is 4. The number of likely N-dealkylation sites (tertiary alicyclic amines) is 1. The van der Waals surface area contributed by atoms with E-state index in [1.807, 2.05) is 94.9 Å². The molecule has 7 aromatic rings. The van der Waals surface area contributed by atoms with Gasteiger partial charge in [-0.2, -0.15) is 5.10 Å². The minimum atomic E-state index is -0.842. The molecule has 6 atom stereocenters. The minimum Gasteiger partial charge on any atom is -0.391 e. The van der Waals surface area contributed by atoms with Crippen LogP contribution in [0.4, 0.5) is 22.6 Å². The van der Waals surface area contributed by atoms with Crippen molar-refractivity contribution in [3.05, 3.63) is 106 Å². The number of ether oxygens (including phenoxy) is 1. The molecule has 4 amide bonds. The van der Waals surface area contributed by atoms with Crippen LogP contribution < -0.4 is 20.9 Å². The van der Waals surface area contributed by atoms with Crippen molar-refractivity contribution < 1.29 is 29.0 Å². The lowest BCUT2D eigenvalue weighted by atomic mass is 9.39. The number of aliphatic hydroxyl groups excluding tert-OH is 1. The molecule has 22 heteroatoms. The number of fused-ring (bicyclic) bond motifs is 2. The average Bonchev–Trinajstić information content (AvgIpc) is 0.733. The van der Waals surface area contributed by atoms with Crippen LogP contribution in [0.25, 0.3) is 31.8 Å². The van der Waals surface area contributed by atoms with E-state index in [0.717, 1.165) is 168 Å². The molecule has 102 heavy (non-hydrogen) atoms. The Morgan fingerprint density at radius 1 is 0.794 bits per heavy atom. The summed E-state index contributed by atoms with van der Waals surface area (Å²) in [6, 6.07) is 18.2. The molecule has 20 nitrogen and oxygen atoms in total. The van der Waals surface area contributed by atoms with Crippen LogP contribution in [-0.4, -0.2) is 156 Å². The summed E-state index contributed by atoms with van der Waals surface area (Å²) in [4.78, 5) is 78.7. The van der Waals surface area contributed by atoms with Crippen molar-refractivity contribution in [3.63, 3.8) is 0 Å². The number of aliphatic hydroxyl groups is 1. The van der Waals surface area contributed by atoms with Crippen LogP contribution in [0, 0.1) is 42.4 Å². The second-order valence-electron chi connectivity index (χ2n) is 32.9. The van der Waals surface area contributed by atoms with E-state index < -0.39 is 23.6 Å². The number of aromatic nitrogens is 7. The summed E-state index contributed by atoms with van der Waals surface area (Å²) in [6.07, 6.45) is 22.7. The second kappa shape index (κ2) is 31.2. The predicted octanol–water partition coefficient (Wildman–Crippen LogP) is 15.0. The lowest BCUT2D eigenvalue weighted by Crippen LogP contribution is -2.64. The van der Waals surface area contributed by atoms with Crippen molar-refractivity contribution in [2.45, 2.75) is 234 Å². The van der Waals surface area contributed by atoms with Crippen LogP contribution in [0.2, 0.25) is 0 Å². The number of nitrogens with zero attached hydrogens (tertiary/aromatic N) is 11. The number of amides is 4. The molecule has 2 aromatic carbocycles. The second-order valence-corrected chi connectivity index (χ2v) is 34.8. The number of pyridine rings is 1. The molecule has 4 bridgehead atoms. The number of unbranched alkanes of at least 4 members (excludes halogenated alkanes) is 10. The van der Waals surface area contributed by atoms with Gasteiger partial charge in [0.25, 0.3) is 5.91 Å². The Morgan fingerprint density at radius 3 is 2.17 bits per heavy atom. The molecule has 2 unspecified atom stereocenters. The Hall–Kier alpha value is -7.24. The summed E-state index contributed by atoms with van der Waals surface area (Å²) in [6.45, 7) is 23.2. The third kappa shape index (κ3) is 16.9. The SMILES string of the molecule is Cc1ncsc1-c1ccc([C@H](C)NC(=O)[C@@H]2C[C@@H](O)CN2C(=O)[C@@H](NC(=O)CCCCCCCCCCCCCN(C)CCOC23CC4(C)CC(C)(CC(Cn5ncc(-c6ccc(N7CCCc8c7nnc(Nc7nc9ccccc9s7)c8C)nc6C(=O)N(C)C)c5C)(C4)C2)C3)C(C)(C)C)cc1. The molecule has 2 aliphatic heterocycles. The molecule has 5 fully saturated rings. The molecule has 4 aliphatic carbocycles. The topological polar surface area (TPSA) is 229 Å². The van der Waals surface area contributed by atoms with Crippen LogP contribution in [0.5, 0.6) is 0 Å². The number of carbonyl (C=O) groups excluding carboxylic acids is 4. The van der Waals surface area contributed by atoms with E-state index in [0.29, 0.717) is 30.3 Å². The molecule has 548 valence electrons. The highest BCUT2D eigenvalue weighted by molar-refractivity contribution is 7.22. The summed E-state index contributed by atoms with van der Waals surface area (Å²) >= 11 is 3.19. The van der Waals surface area contributed by atoms with Crippen molar-refractivity contribution in [1.29, 1.82) is 0 Å². The maximum absolute atomic E-state index is 14.2. The molecule has 5 aromatic heterocycles. The molecular formula is C80H110N14O6S2. The van der Waals surface area contributed by atoms with E-state index in [-0.39, 0.29) is 64.5 Å². The maximum Gasteiger partial charge on any atom is 0.272 e. The summed E-state index contributed by atoms with van der Waals surface area (Å²) in [7, 11) is 5.82. The Balaban J connectivity index is 0.550. The van der Waals surface area contributed by atoms with Crippen molar-refractivity contribution in [1.82, 2.24) is 60.3 Å². The van der Waals surface area contributed by atoms with Crippen LogP contribution in [0.15, 0.2) is 72.4 Å². The smallest absolute Gasteiger partial charge is 0.272 e. The molecule has 6 aliphatic rings. The number of nitrogens with one attached hydrogen (secondary N) is 3. The quantitative estimate of drug-likeness (QED) is 0.0296. The highest BCUT2D eigenvalue weighted by atomic mass is 32.1. The fourth-order valence-corrected chi connectivity index (χ4v) is 20.2. The number of para-hydroxylation sites is 1. The van der Waals surface area contributed by atoms with E-state index >= 15 is 0 Å². The van der Waals surface area contributed by atoms with Crippen LogP contribution in [0.3, 0.4) is 0 Å². The molecule has 13 rings (SSSR count). The highest BCUT2D eigenvalue weighted by Gasteiger charge is 2.66. The third-order valence-electron chi connectivity index (χ3n) is 22.6. The molecule has 4 N–H and O–H groups in total. The molecule has 4 saturated carbocycles. The van der Waals surface area contributed by atoms with Crippen molar-refractivity contribution in [2.24, 2.45) is 21.7 Å². The van der Waals surface area contributed by atoms with Crippen molar-refractivity contribution in [2.75, 3.05) is 64.1 Å². The van der Waals surface area contributed by atoms with Gasteiger partial charge in [0.2, 0.25) is 17.7 Å². The molecule has 0 spiro atoms. The zero-order chi connectivity index (χ0) is 72.3. The maximum atomic E-state index is 14.2. The number of thiazole rings is 2. The van der Waals surface area contributed by atoms with Crippen molar-refractivity contribution in [3.8, 4) is 21.6 Å². The number of hydrogen-bond acceptors (Lipinski definition) is 17. The normalized spacial score (nSPS) is 22.9. The standard InChI is InChI=1S/C80H110N14O6S2/c1-52-59-27-26-38-92(71(59)89-88-70(52)87-75-84-62-28-23-24-29-64(62)102-75)65-36-35-60(67(85-65)73(98)90(10)11)61-42-82-94(55(61)4)50-79-45-77(8)44-78(9,46-79)48-80(47-77,49-79)100-40-39-91(12)37-25-21-19-17-15-13-14-16-18-20-22-30-66(96)86-69(76(5,6)7)74(99)93-43-58(95)41-63(93)72(97)83-53(2)56-31-33-57(34-32-56)68-54(3)81-51-101-68/h23-24,28-29,31-36,42,51,53,58,63,69,95H,13-22,25-27,30,37-41,43-50H2,1-12H3,(H,83,97)(H,86,96)(H,84,87,88)/t53-,58+,63-,69+,77?,78?,79?,80?/m0/s1. The summed E-state index contributed by atoms with van der Waals surface area (Å²) in [5, 5.41) is 35.7. The summed E-state index contributed by atoms with van der Waals surface area (Å²) in [5.41, 5.74) is 10.7. The first-order valence-corrected chi connectivity index (χ1v) is 39.3. The van der Waals surface area contributed by atoms with Gasteiger partial charge in [0.15, 0.2) is 16.8 Å². The molecule has 0 radical (unpaired) electrons. The van der Waals surface area contributed by atoms with Gasteiger partial charge in [-0.25, -0.2) is 15.0 Å².